The molecule has 0 amide bonds. The Hall–Kier alpha value is -2.11. The number of alkyl halides is 3. The largest absolute Gasteiger partial charge is 0.433 e. The number of hydrogen-bond acceptors (Lipinski definition) is 4. The van der Waals surface area contributed by atoms with E-state index in [-0.39, 0.29) is 49.0 Å². The average Bonchev–Trinajstić information content (AvgIpc) is 3.06. The lowest BCUT2D eigenvalue weighted by atomic mass is 10.1. The van der Waals surface area contributed by atoms with E-state index in [4.69, 9.17) is 5.73 Å². The number of hydrogen-bond donors (Lipinski definition) is 3. The molecule has 0 aliphatic heterocycles. The molecule has 3 rings (SSSR count). The maximum atomic E-state index is 12.6. The molecule has 0 radical (unpaired) electrons. The SMILES string of the molecule is I.NC(=NCCNc1nccc(C(F)(F)F)n1)Nc1ccc2c(c1)CCC2. The minimum atomic E-state index is -4.50. The Kier molecular flexibility index (Phi) is 7.22. The number of rotatable bonds is 5. The molecule has 0 atom stereocenters. The predicted molar refractivity (Wildman–Crippen MR) is 110 cm³/mol. The molecule has 4 N–H and O–H groups in total. The van der Waals surface area contributed by atoms with Crippen LogP contribution in [-0.2, 0) is 19.0 Å². The van der Waals surface area contributed by atoms with Crippen molar-refractivity contribution >= 4 is 41.6 Å². The van der Waals surface area contributed by atoms with Crippen LogP contribution in [-0.4, -0.2) is 29.0 Å². The first kappa shape index (κ1) is 21.2. The Morgan fingerprint density at radius 1 is 1.19 bits per heavy atom. The van der Waals surface area contributed by atoms with Crippen molar-refractivity contribution in [2.45, 2.75) is 25.4 Å². The highest BCUT2D eigenvalue weighted by Crippen LogP contribution is 2.27. The number of aliphatic imine (C=N–C) groups is 1. The van der Waals surface area contributed by atoms with Gasteiger partial charge in [-0.05, 0) is 48.6 Å². The lowest BCUT2D eigenvalue weighted by Gasteiger charge is -2.09. The first-order chi connectivity index (χ1) is 12.4. The highest BCUT2D eigenvalue weighted by Gasteiger charge is 2.32. The number of guanidine groups is 1. The van der Waals surface area contributed by atoms with Crippen LogP contribution in [0.5, 0.6) is 0 Å². The van der Waals surface area contributed by atoms with Crippen LogP contribution in [0.3, 0.4) is 0 Å². The van der Waals surface area contributed by atoms with Gasteiger partial charge in [0, 0.05) is 18.4 Å². The monoisotopic (exact) mass is 492 g/mol. The molecule has 0 saturated carbocycles. The van der Waals surface area contributed by atoms with Gasteiger partial charge in [-0.2, -0.15) is 13.2 Å². The highest BCUT2D eigenvalue weighted by atomic mass is 127. The second kappa shape index (κ2) is 9.20. The number of nitrogens with two attached hydrogens (primary N) is 1. The van der Waals surface area contributed by atoms with Gasteiger partial charge in [-0.15, -0.1) is 24.0 Å². The molecule has 0 unspecified atom stereocenters. The minimum Gasteiger partial charge on any atom is -0.370 e. The molecule has 1 aliphatic rings. The summed E-state index contributed by atoms with van der Waals surface area (Å²) in [5.74, 6) is 0.148. The average molecular weight is 492 g/mol. The van der Waals surface area contributed by atoms with Gasteiger partial charge in [0.2, 0.25) is 5.95 Å². The fourth-order valence-electron chi connectivity index (χ4n) is 2.78. The van der Waals surface area contributed by atoms with Gasteiger partial charge in [-0.1, -0.05) is 6.07 Å². The third kappa shape index (κ3) is 5.94. The van der Waals surface area contributed by atoms with Crippen LogP contribution in [0.2, 0.25) is 0 Å². The molecule has 0 saturated heterocycles. The molecular formula is C17H20F3IN6. The topological polar surface area (TPSA) is 88.2 Å². The van der Waals surface area contributed by atoms with Crippen molar-refractivity contribution in [3.05, 3.63) is 47.3 Å². The van der Waals surface area contributed by atoms with Gasteiger partial charge < -0.3 is 16.4 Å². The Morgan fingerprint density at radius 2 is 1.96 bits per heavy atom. The van der Waals surface area contributed by atoms with E-state index < -0.39 is 11.9 Å². The molecule has 27 heavy (non-hydrogen) atoms. The number of benzene rings is 1. The Bertz CT molecular complexity index is 809. The van der Waals surface area contributed by atoms with E-state index in [9.17, 15) is 13.2 Å². The summed E-state index contributed by atoms with van der Waals surface area (Å²) in [6, 6.07) is 6.94. The normalized spacial score (nSPS) is 13.7. The van der Waals surface area contributed by atoms with Gasteiger partial charge >= 0.3 is 6.18 Å². The van der Waals surface area contributed by atoms with Crippen LogP contribution in [0, 0.1) is 0 Å². The lowest BCUT2D eigenvalue weighted by Crippen LogP contribution is -2.24. The molecule has 6 nitrogen and oxygen atoms in total. The number of aromatic nitrogens is 2. The van der Waals surface area contributed by atoms with Crippen LogP contribution in [0.15, 0.2) is 35.5 Å². The molecule has 2 aromatic rings. The van der Waals surface area contributed by atoms with Gasteiger partial charge in [-0.3, -0.25) is 4.99 Å². The molecular weight excluding hydrogens is 472 g/mol. The van der Waals surface area contributed by atoms with Crippen molar-refractivity contribution in [3.8, 4) is 0 Å². The summed E-state index contributed by atoms with van der Waals surface area (Å²) in [6.45, 7) is 0.525. The molecule has 1 heterocycles. The summed E-state index contributed by atoms with van der Waals surface area (Å²) in [4.78, 5) is 11.3. The zero-order chi connectivity index (χ0) is 18.6. The highest BCUT2D eigenvalue weighted by molar-refractivity contribution is 14.0. The van der Waals surface area contributed by atoms with E-state index in [1.165, 1.54) is 17.5 Å². The van der Waals surface area contributed by atoms with E-state index >= 15 is 0 Å². The number of nitrogens with zero attached hydrogens (tertiary/aromatic N) is 3. The number of anilines is 2. The molecule has 1 aromatic heterocycles. The van der Waals surface area contributed by atoms with Crippen molar-refractivity contribution in [3.63, 3.8) is 0 Å². The Morgan fingerprint density at radius 3 is 2.74 bits per heavy atom. The first-order valence-corrected chi connectivity index (χ1v) is 8.25. The van der Waals surface area contributed by atoms with E-state index in [0.717, 1.165) is 30.8 Å². The fraction of sp³-hybridized carbons (Fsp3) is 0.353. The maximum absolute atomic E-state index is 12.6. The number of aryl methyl sites for hydroxylation is 2. The van der Waals surface area contributed by atoms with Gasteiger partial charge in [-0.25, -0.2) is 9.97 Å². The maximum Gasteiger partial charge on any atom is 0.433 e. The molecule has 0 fully saturated rings. The van der Waals surface area contributed by atoms with E-state index in [1.807, 2.05) is 6.07 Å². The molecule has 1 aromatic carbocycles. The second-order valence-electron chi connectivity index (χ2n) is 5.92. The van der Waals surface area contributed by atoms with Crippen molar-refractivity contribution in [2.75, 3.05) is 23.7 Å². The second-order valence-corrected chi connectivity index (χ2v) is 5.92. The molecule has 1 aliphatic carbocycles. The van der Waals surface area contributed by atoms with Crippen LogP contribution in [0.25, 0.3) is 0 Å². The smallest absolute Gasteiger partial charge is 0.370 e. The quantitative estimate of drug-likeness (QED) is 0.258. The number of nitrogens with one attached hydrogen (secondary N) is 2. The third-order valence-electron chi connectivity index (χ3n) is 3.99. The summed E-state index contributed by atoms with van der Waals surface area (Å²) in [5.41, 5.74) is 8.43. The summed E-state index contributed by atoms with van der Waals surface area (Å²) < 4.78 is 37.8. The molecule has 10 heteroatoms. The van der Waals surface area contributed by atoms with Gasteiger partial charge in [0.15, 0.2) is 5.96 Å². The zero-order valence-corrected chi connectivity index (χ0v) is 16.7. The van der Waals surface area contributed by atoms with Gasteiger partial charge in [0.05, 0.1) is 6.54 Å². The first-order valence-electron chi connectivity index (χ1n) is 8.25. The standard InChI is InChI=1S/C17H19F3N6.HI/c18-17(19,20)14-6-7-23-16(26-14)24-9-8-22-15(21)25-13-5-4-11-2-1-3-12(11)10-13;/h4-7,10H,1-3,8-9H2,(H3,21,22,25)(H,23,24,26);1H. The zero-order valence-electron chi connectivity index (χ0n) is 14.4. The van der Waals surface area contributed by atoms with E-state index in [0.29, 0.717) is 0 Å². The summed E-state index contributed by atoms with van der Waals surface area (Å²) in [5, 5.41) is 5.72. The number of halogens is 4. The van der Waals surface area contributed by atoms with Gasteiger partial charge in [0.1, 0.15) is 5.69 Å². The summed E-state index contributed by atoms with van der Waals surface area (Å²) >= 11 is 0. The molecule has 0 spiro atoms. The summed E-state index contributed by atoms with van der Waals surface area (Å²) in [6.07, 6.45) is -0.0795. The van der Waals surface area contributed by atoms with Crippen LogP contribution < -0.4 is 16.4 Å². The Balaban J connectivity index is 0.00000261. The minimum absolute atomic E-state index is 0. The molecule has 0 bridgehead atoms. The van der Waals surface area contributed by atoms with Crippen molar-refractivity contribution in [2.24, 2.45) is 10.7 Å². The lowest BCUT2D eigenvalue weighted by molar-refractivity contribution is -0.141. The van der Waals surface area contributed by atoms with Crippen molar-refractivity contribution in [1.29, 1.82) is 0 Å². The van der Waals surface area contributed by atoms with Crippen molar-refractivity contribution in [1.82, 2.24) is 9.97 Å². The fourth-order valence-corrected chi connectivity index (χ4v) is 2.78. The summed E-state index contributed by atoms with van der Waals surface area (Å²) in [7, 11) is 0. The Labute approximate surface area is 171 Å². The third-order valence-corrected chi connectivity index (χ3v) is 3.99. The van der Waals surface area contributed by atoms with Crippen LogP contribution in [0.4, 0.5) is 24.8 Å². The van der Waals surface area contributed by atoms with E-state index in [2.05, 4.69) is 37.7 Å². The van der Waals surface area contributed by atoms with E-state index in [1.54, 1.807) is 0 Å². The predicted octanol–water partition coefficient (Wildman–Crippen LogP) is 3.44. The van der Waals surface area contributed by atoms with Crippen molar-refractivity contribution < 1.29 is 13.2 Å². The van der Waals surface area contributed by atoms with Crippen LogP contribution in [0.1, 0.15) is 23.2 Å². The van der Waals surface area contributed by atoms with Gasteiger partial charge in [0.25, 0.3) is 0 Å². The van der Waals surface area contributed by atoms with Crippen LogP contribution >= 0.6 is 24.0 Å². The number of fused-ring (bicyclic) bond motifs is 1. The molecule has 146 valence electrons.